The molecule has 0 bridgehead atoms. The van der Waals surface area contributed by atoms with Gasteiger partial charge in [-0.05, 0) is 49.4 Å². The largest absolute Gasteiger partial charge is 0.494 e. The number of imidazole rings is 1. The number of halogens is 1. The van der Waals surface area contributed by atoms with Gasteiger partial charge in [0, 0.05) is 17.3 Å². The third-order valence-electron chi connectivity index (χ3n) is 3.96. The lowest BCUT2D eigenvalue weighted by Gasteiger charge is -2.21. The molecule has 3 rings (SSSR count). The highest BCUT2D eigenvalue weighted by Crippen LogP contribution is 2.24. The first-order chi connectivity index (χ1) is 13.6. The first-order valence-corrected chi connectivity index (χ1v) is 10.2. The Morgan fingerprint density at radius 3 is 2.82 bits per heavy atom. The van der Waals surface area contributed by atoms with Crippen LogP contribution in [0.15, 0.2) is 47.6 Å². The molecule has 6 nitrogen and oxygen atoms in total. The molecule has 0 atom stereocenters. The van der Waals surface area contributed by atoms with E-state index in [-0.39, 0.29) is 18.1 Å². The molecule has 2 aromatic carbocycles. The average Bonchev–Trinajstić information content (AvgIpc) is 3.10. The van der Waals surface area contributed by atoms with Crippen LogP contribution in [0.2, 0.25) is 5.02 Å². The van der Waals surface area contributed by atoms with Crippen LogP contribution in [0.1, 0.15) is 13.3 Å². The van der Waals surface area contributed by atoms with E-state index < -0.39 is 0 Å². The molecule has 0 saturated heterocycles. The molecule has 0 spiro atoms. The van der Waals surface area contributed by atoms with Gasteiger partial charge in [-0.3, -0.25) is 4.79 Å². The summed E-state index contributed by atoms with van der Waals surface area (Å²) < 4.78 is 5.44. The Balaban J connectivity index is 1.70. The van der Waals surface area contributed by atoms with Crippen LogP contribution in [0.5, 0.6) is 5.75 Å². The van der Waals surface area contributed by atoms with Gasteiger partial charge in [0.25, 0.3) is 0 Å². The van der Waals surface area contributed by atoms with Crippen molar-refractivity contribution < 1.29 is 9.53 Å². The van der Waals surface area contributed by atoms with E-state index in [1.54, 1.807) is 17.0 Å². The van der Waals surface area contributed by atoms with Crippen LogP contribution >= 0.6 is 23.4 Å². The third-order valence-corrected chi connectivity index (χ3v) is 5.06. The number of fused-ring (bicyclic) bond motifs is 1. The van der Waals surface area contributed by atoms with Crippen LogP contribution in [0, 0.1) is 11.3 Å². The summed E-state index contributed by atoms with van der Waals surface area (Å²) in [5, 5.41) is 10.2. The monoisotopic (exact) mass is 414 g/mol. The number of nitrogens with one attached hydrogen (secondary N) is 1. The minimum atomic E-state index is -0.0945. The van der Waals surface area contributed by atoms with E-state index in [0.717, 1.165) is 22.5 Å². The fraction of sp³-hybridized carbons (Fsp3) is 0.250. The lowest BCUT2D eigenvalue weighted by atomic mass is 10.2. The van der Waals surface area contributed by atoms with Gasteiger partial charge in [0.15, 0.2) is 5.16 Å². The number of ether oxygens (including phenoxy) is 1. The van der Waals surface area contributed by atoms with E-state index in [2.05, 4.69) is 16.0 Å². The Morgan fingerprint density at radius 2 is 2.11 bits per heavy atom. The number of aromatic nitrogens is 2. The van der Waals surface area contributed by atoms with Crippen LogP contribution < -0.4 is 9.64 Å². The molecule has 28 heavy (non-hydrogen) atoms. The normalized spacial score (nSPS) is 10.6. The predicted octanol–water partition coefficient (Wildman–Crippen LogP) is 4.65. The molecule has 1 heterocycles. The van der Waals surface area contributed by atoms with E-state index in [0.29, 0.717) is 23.3 Å². The molecule has 1 aromatic heterocycles. The van der Waals surface area contributed by atoms with E-state index >= 15 is 0 Å². The van der Waals surface area contributed by atoms with E-state index in [1.165, 1.54) is 11.8 Å². The highest BCUT2D eigenvalue weighted by Gasteiger charge is 2.17. The van der Waals surface area contributed by atoms with E-state index in [9.17, 15) is 4.79 Å². The predicted molar refractivity (Wildman–Crippen MR) is 112 cm³/mol. The topological polar surface area (TPSA) is 82.0 Å². The zero-order valence-electron chi connectivity index (χ0n) is 15.3. The maximum atomic E-state index is 12.8. The number of rotatable bonds is 8. The third kappa shape index (κ3) is 4.97. The van der Waals surface area contributed by atoms with Crippen molar-refractivity contribution in [1.82, 2.24) is 9.97 Å². The number of benzene rings is 2. The van der Waals surface area contributed by atoms with Crippen LogP contribution in [0.4, 0.5) is 5.69 Å². The number of carbonyl (C=O) groups excluding carboxylic acids is 1. The lowest BCUT2D eigenvalue weighted by molar-refractivity contribution is -0.116. The quantitative estimate of drug-likeness (QED) is 0.542. The molecular weight excluding hydrogens is 396 g/mol. The summed E-state index contributed by atoms with van der Waals surface area (Å²) in [5.41, 5.74) is 2.36. The molecule has 0 unspecified atom stereocenters. The smallest absolute Gasteiger partial charge is 0.237 e. The van der Waals surface area contributed by atoms with Gasteiger partial charge >= 0.3 is 0 Å². The number of aromatic amines is 1. The van der Waals surface area contributed by atoms with Crippen molar-refractivity contribution in [2.24, 2.45) is 0 Å². The summed E-state index contributed by atoms with van der Waals surface area (Å²) in [6.07, 6.45) is 0.257. The van der Waals surface area contributed by atoms with Crippen molar-refractivity contribution >= 4 is 46.0 Å². The van der Waals surface area contributed by atoms with Gasteiger partial charge in [0.1, 0.15) is 5.75 Å². The highest BCUT2D eigenvalue weighted by atomic mass is 35.5. The molecule has 1 N–H and O–H groups in total. The summed E-state index contributed by atoms with van der Waals surface area (Å²) in [5.74, 6) is 0.851. The standard InChI is InChI=1S/C20H19ClN4O2S/c1-2-27-16-7-5-15(6-8-16)25(11-3-10-22)19(26)13-28-20-23-17-9-4-14(21)12-18(17)24-20/h4-9,12H,2-3,11,13H2,1H3,(H,23,24). The van der Waals surface area contributed by atoms with Crippen molar-refractivity contribution in [2.45, 2.75) is 18.5 Å². The van der Waals surface area contributed by atoms with Crippen molar-refractivity contribution in [3.05, 3.63) is 47.5 Å². The van der Waals surface area contributed by atoms with Gasteiger partial charge < -0.3 is 14.6 Å². The number of amides is 1. The second-order valence-corrected chi connectivity index (χ2v) is 7.27. The molecular formula is C20H19ClN4O2S. The minimum absolute atomic E-state index is 0.0945. The molecule has 0 saturated carbocycles. The SMILES string of the molecule is CCOc1ccc(N(CCC#N)C(=O)CSc2nc3ccc(Cl)cc3[nH]2)cc1. The number of hydrogen-bond donors (Lipinski definition) is 1. The van der Waals surface area contributed by atoms with Gasteiger partial charge in [0.2, 0.25) is 5.91 Å². The Hall–Kier alpha value is -2.69. The molecule has 0 radical (unpaired) electrons. The minimum Gasteiger partial charge on any atom is -0.494 e. The summed E-state index contributed by atoms with van der Waals surface area (Å²) in [7, 11) is 0. The van der Waals surface area contributed by atoms with E-state index in [4.69, 9.17) is 21.6 Å². The van der Waals surface area contributed by atoms with Gasteiger partial charge in [-0.2, -0.15) is 5.26 Å². The summed E-state index contributed by atoms with van der Waals surface area (Å²) >= 11 is 7.31. The maximum absolute atomic E-state index is 12.8. The Labute approximate surface area is 172 Å². The zero-order chi connectivity index (χ0) is 19.9. The van der Waals surface area contributed by atoms with Crippen molar-refractivity contribution in [3.63, 3.8) is 0 Å². The fourth-order valence-corrected chi connectivity index (χ4v) is 3.62. The van der Waals surface area contributed by atoms with Crippen LogP contribution in [0.25, 0.3) is 11.0 Å². The van der Waals surface area contributed by atoms with Gasteiger partial charge in [-0.25, -0.2) is 4.98 Å². The first kappa shape index (κ1) is 20.1. The van der Waals surface area contributed by atoms with Crippen molar-refractivity contribution in [1.29, 1.82) is 5.26 Å². The Kier molecular flexibility index (Phi) is 6.80. The summed E-state index contributed by atoms with van der Waals surface area (Å²) in [6.45, 7) is 2.83. The van der Waals surface area contributed by atoms with Crippen LogP contribution in [0.3, 0.4) is 0 Å². The Morgan fingerprint density at radius 1 is 1.32 bits per heavy atom. The molecule has 0 aliphatic rings. The van der Waals surface area contributed by atoms with E-state index in [1.807, 2.05) is 37.3 Å². The highest BCUT2D eigenvalue weighted by molar-refractivity contribution is 7.99. The number of carbonyl (C=O) groups is 1. The average molecular weight is 415 g/mol. The van der Waals surface area contributed by atoms with Crippen LogP contribution in [-0.4, -0.2) is 34.8 Å². The summed E-state index contributed by atoms with van der Waals surface area (Å²) in [6, 6.07) is 14.8. The molecule has 8 heteroatoms. The van der Waals surface area contributed by atoms with Crippen LogP contribution in [-0.2, 0) is 4.79 Å². The zero-order valence-corrected chi connectivity index (χ0v) is 16.9. The second kappa shape index (κ2) is 9.49. The molecule has 1 amide bonds. The maximum Gasteiger partial charge on any atom is 0.237 e. The van der Waals surface area contributed by atoms with Crippen molar-refractivity contribution in [3.8, 4) is 11.8 Å². The first-order valence-electron chi connectivity index (χ1n) is 8.79. The molecule has 0 aliphatic heterocycles. The van der Waals surface area contributed by atoms with Crippen molar-refractivity contribution in [2.75, 3.05) is 23.8 Å². The number of anilines is 1. The Bertz CT molecular complexity index is 998. The summed E-state index contributed by atoms with van der Waals surface area (Å²) in [4.78, 5) is 22.0. The molecule has 144 valence electrons. The molecule has 0 fully saturated rings. The lowest BCUT2D eigenvalue weighted by Crippen LogP contribution is -2.33. The number of hydrogen-bond acceptors (Lipinski definition) is 5. The molecule has 0 aliphatic carbocycles. The number of thioether (sulfide) groups is 1. The fourth-order valence-electron chi connectivity index (χ4n) is 2.68. The number of nitriles is 1. The van der Waals surface area contributed by atoms with Gasteiger partial charge in [-0.15, -0.1) is 0 Å². The number of nitrogens with zero attached hydrogens (tertiary/aromatic N) is 3. The number of H-pyrrole nitrogens is 1. The van der Waals surface area contributed by atoms with Gasteiger partial charge in [-0.1, -0.05) is 23.4 Å². The molecule has 3 aromatic rings. The van der Waals surface area contributed by atoms with Gasteiger partial charge in [0.05, 0.1) is 35.9 Å². The second-order valence-electron chi connectivity index (χ2n) is 5.87.